The van der Waals surface area contributed by atoms with Crippen molar-refractivity contribution in [3.63, 3.8) is 0 Å². The lowest BCUT2D eigenvalue weighted by Crippen LogP contribution is -2.40. The summed E-state index contributed by atoms with van der Waals surface area (Å²) in [6.07, 6.45) is 1.52. The number of rotatable bonds is 6. The Balaban J connectivity index is 1.81. The van der Waals surface area contributed by atoms with Crippen LogP contribution in [0.4, 0.5) is 5.69 Å². The Labute approximate surface area is 203 Å². The molecule has 1 aromatic heterocycles. The summed E-state index contributed by atoms with van der Waals surface area (Å²) < 4.78 is 7.12. The van der Waals surface area contributed by atoms with Gasteiger partial charge in [-0.2, -0.15) is 0 Å². The van der Waals surface area contributed by atoms with Gasteiger partial charge in [0.05, 0.1) is 34.5 Å². The Bertz CT molecular complexity index is 1490. The Morgan fingerprint density at radius 2 is 2.00 bits per heavy atom. The van der Waals surface area contributed by atoms with Crippen LogP contribution in [0.25, 0.3) is 6.20 Å². The number of aromatic nitrogens is 1. The van der Waals surface area contributed by atoms with Crippen LogP contribution in [0.2, 0.25) is 5.02 Å². The van der Waals surface area contributed by atoms with Gasteiger partial charge in [0, 0.05) is 11.9 Å². The molecule has 0 unspecified atom stereocenters. The molecule has 4 rings (SSSR count). The van der Waals surface area contributed by atoms with E-state index in [1.807, 2.05) is 30.3 Å². The number of hydrogen-bond donors (Lipinski definition) is 2. The molecular formula is C24H20ClN3O5S. The number of carbonyl (C=O) groups excluding carboxylic acids is 1. The molecule has 2 heterocycles. The van der Waals surface area contributed by atoms with Crippen molar-refractivity contribution in [3.8, 4) is 0 Å². The van der Waals surface area contributed by atoms with Crippen molar-refractivity contribution in [2.75, 3.05) is 11.9 Å². The summed E-state index contributed by atoms with van der Waals surface area (Å²) in [5.74, 6) is -1.64. The molecule has 174 valence electrons. The molecule has 8 nitrogen and oxygen atoms in total. The number of nitrogens with zero attached hydrogens (tertiary/aromatic N) is 2. The van der Waals surface area contributed by atoms with Crippen LogP contribution in [0.15, 0.2) is 69.6 Å². The molecule has 1 aliphatic rings. The summed E-state index contributed by atoms with van der Waals surface area (Å²) >= 11 is 7.21. The van der Waals surface area contributed by atoms with Crippen molar-refractivity contribution in [2.24, 2.45) is 4.99 Å². The van der Waals surface area contributed by atoms with E-state index in [0.29, 0.717) is 26.3 Å². The zero-order valence-corrected chi connectivity index (χ0v) is 19.8. The van der Waals surface area contributed by atoms with Gasteiger partial charge in [-0.3, -0.25) is 9.36 Å². The molecule has 0 radical (unpaired) electrons. The number of carboxylic acids is 1. The topological polar surface area (TPSA) is 110 Å². The molecule has 2 N–H and O–H groups in total. The first-order valence-corrected chi connectivity index (χ1v) is 11.5. The maximum atomic E-state index is 13.4. The lowest BCUT2D eigenvalue weighted by molar-refractivity contribution is -0.139. The first-order chi connectivity index (χ1) is 16.3. The third kappa shape index (κ3) is 4.40. The normalized spacial score (nSPS) is 15.5. The highest BCUT2D eigenvalue weighted by atomic mass is 35.5. The van der Waals surface area contributed by atoms with E-state index in [1.54, 1.807) is 19.9 Å². The minimum Gasteiger partial charge on any atom is -0.478 e. The molecule has 0 aliphatic carbocycles. The van der Waals surface area contributed by atoms with Crippen LogP contribution in [-0.2, 0) is 9.53 Å². The average Bonchev–Trinajstić information content (AvgIpc) is 3.12. The first-order valence-electron chi connectivity index (χ1n) is 10.3. The quantitative estimate of drug-likeness (QED) is 0.506. The summed E-state index contributed by atoms with van der Waals surface area (Å²) in [4.78, 5) is 42.4. The molecule has 2 aromatic carbocycles. The van der Waals surface area contributed by atoms with Crippen LogP contribution >= 0.6 is 22.9 Å². The highest BCUT2D eigenvalue weighted by Gasteiger charge is 2.33. The predicted octanol–water partition coefficient (Wildman–Crippen LogP) is 3.17. The maximum absolute atomic E-state index is 13.4. The van der Waals surface area contributed by atoms with E-state index >= 15 is 0 Å². The van der Waals surface area contributed by atoms with Crippen LogP contribution in [-0.4, -0.2) is 28.2 Å². The van der Waals surface area contributed by atoms with Crippen LogP contribution in [0.5, 0.6) is 0 Å². The summed E-state index contributed by atoms with van der Waals surface area (Å²) in [7, 11) is 0. The average molecular weight is 498 g/mol. The van der Waals surface area contributed by atoms with E-state index in [4.69, 9.17) is 21.4 Å². The summed E-state index contributed by atoms with van der Waals surface area (Å²) in [6, 6.07) is 13.0. The third-order valence-electron chi connectivity index (χ3n) is 5.20. The molecule has 0 bridgehead atoms. The molecule has 34 heavy (non-hydrogen) atoms. The number of nitrogens with one attached hydrogen (secondary N) is 1. The molecule has 1 atom stereocenters. The number of fused-ring (bicyclic) bond motifs is 1. The lowest BCUT2D eigenvalue weighted by atomic mass is 9.96. The van der Waals surface area contributed by atoms with E-state index in [0.717, 1.165) is 5.56 Å². The van der Waals surface area contributed by atoms with E-state index in [1.165, 1.54) is 34.2 Å². The fourth-order valence-electron chi connectivity index (χ4n) is 3.67. The Kier molecular flexibility index (Phi) is 6.67. The molecule has 0 saturated carbocycles. The van der Waals surface area contributed by atoms with Crippen LogP contribution in [0.3, 0.4) is 0 Å². The molecular weight excluding hydrogens is 478 g/mol. The van der Waals surface area contributed by atoms with Gasteiger partial charge in [-0.25, -0.2) is 14.6 Å². The molecule has 0 fully saturated rings. The van der Waals surface area contributed by atoms with Gasteiger partial charge in [-0.05, 0) is 37.6 Å². The number of anilines is 1. The summed E-state index contributed by atoms with van der Waals surface area (Å²) in [5, 5.41) is 12.2. The van der Waals surface area contributed by atoms with Crippen LogP contribution in [0.1, 0.15) is 35.8 Å². The van der Waals surface area contributed by atoms with Crippen LogP contribution < -0.4 is 20.2 Å². The van der Waals surface area contributed by atoms with Gasteiger partial charge in [-0.15, -0.1) is 0 Å². The fourth-order valence-corrected chi connectivity index (χ4v) is 4.90. The zero-order valence-electron chi connectivity index (χ0n) is 18.2. The lowest BCUT2D eigenvalue weighted by Gasteiger charge is -2.24. The Hall–Kier alpha value is -3.69. The minimum atomic E-state index is -1.13. The van der Waals surface area contributed by atoms with Crippen molar-refractivity contribution in [1.82, 2.24) is 4.57 Å². The molecule has 0 saturated heterocycles. The van der Waals surface area contributed by atoms with Gasteiger partial charge in [0.25, 0.3) is 5.56 Å². The van der Waals surface area contributed by atoms with E-state index in [9.17, 15) is 14.4 Å². The summed E-state index contributed by atoms with van der Waals surface area (Å²) in [5.41, 5.74) is 1.74. The number of allylic oxidation sites excluding steroid dienone is 1. The SMILES string of the molecule is CCOC(=O)C1=C(C)N=c2s/c(=C\Nc3ccc(C(=O)O)c(Cl)c3)c(=O)n2[C@H]1c1ccccc1. The highest BCUT2D eigenvalue weighted by molar-refractivity contribution is 7.07. The van der Waals surface area contributed by atoms with Crippen molar-refractivity contribution in [1.29, 1.82) is 0 Å². The largest absolute Gasteiger partial charge is 0.478 e. The second kappa shape index (κ2) is 9.66. The second-order valence-electron chi connectivity index (χ2n) is 7.36. The number of esters is 1. The number of thiazole rings is 1. The van der Waals surface area contributed by atoms with Gasteiger partial charge < -0.3 is 15.2 Å². The summed E-state index contributed by atoms with van der Waals surface area (Å²) in [6.45, 7) is 3.65. The standard InChI is InChI=1S/C24H20ClN3O5S/c1-3-33-23(32)19-13(2)27-24-28(20(19)14-7-5-4-6-8-14)21(29)18(34-24)12-26-15-9-10-16(22(30)31)17(25)11-15/h4-12,20,26H,3H2,1-2H3,(H,30,31)/b18-12-/t20-/m0/s1. The van der Waals surface area contributed by atoms with E-state index < -0.39 is 18.0 Å². The molecule has 0 spiro atoms. The first kappa shape index (κ1) is 23.5. The second-order valence-corrected chi connectivity index (χ2v) is 8.77. The van der Waals surface area contributed by atoms with Gasteiger partial charge in [0.1, 0.15) is 4.53 Å². The van der Waals surface area contributed by atoms with Crippen molar-refractivity contribution >= 4 is 46.8 Å². The van der Waals surface area contributed by atoms with Crippen molar-refractivity contribution < 1.29 is 19.4 Å². The number of hydrogen-bond acceptors (Lipinski definition) is 7. The Morgan fingerprint density at radius 3 is 2.65 bits per heavy atom. The number of ether oxygens (including phenoxy) is 1. The van der Waals surface area contributed by atoms with Gasteiger partial charge >= 0.3 is 11.9 Å². The Morgan fingerprint density at radius 1 is 1.26 bits per heavy atom. The predicted molar refractivity (Wildman–Crippen MR) is 130 cm³/mol. The molecule has 1 aliphatic heterocycles. The van der Waals surface area contributed by atoms with Gasteiger partial charge in [0.2, 0.25) is 0 Å². The number of carboxylic acid groups (broad SMARTS) is 1. The van der Waals surface area contributed by atoms with E-state index in [-0.39, 0.29) is 22.8 Å². The fraction of sp³-hybridized carbons (Fsp3) is 0.167. The van der Waals surface area contributed by atoms with Crippen molar-refractivity contribution in [2.45, 2.75) is 19.9 Å². The maximum Gasteiger partial charge on any atom is 0.338 e. The van der Waals surface area contributed by atoms with Crippen molar-refractivity contribution in [3.05, 3.63) is 95.6 Å². The zero-order chi connectivity index (χ0) is 24.4. The molecule has 3 aromatic rings. The minimum absolute atomic E-state index is 0.0172. The van der Waals surface area contributed by atoms with E-state index in [2.05, 4.69) is 10.3 Å². The number of halogens is 1. The molecule has 10 heteroatoms. The van der Waals surface area contributed by atoms with Crippen LogP contribution in [0, 0.1) is 0 Å². The number of benzene rings is 2. The van der Waals surface area contributed by atoms with Gasteiger partial charge in [-0.1, -0.05) is 53.3 Å². The molecule has 0 amide bonds. The monoisotopic (exact) mass is 497 g/mol. The number of carbonyl (C=O) groups is 2. The smallest absolute Gasteiger partial charge is 0.338 e. The third-order valence-corrected chi connectivity index (χ3v) is 6.50. The van der Waals surface area contributed by atoms with Gasteiger partial charge in [0.15, 0.2) is 4.80 Å². The number of aromatic carboxylic acids is 1. The highest BCUT2D eigenvalue weighted by Crippen LogP contribution is 2.30.